The first kappa shape index (κ1) is 21.2. The number of pyridine rings is 1. The lowest BCUT2D eigenvalue weighted by Crippen LogP contribution is -2.09. The lowest BCUT2D eigenvalue weighted by molar-refractivity contribution is -0.111. The van der Waals surface area contributed by atoms with Crippen molar-refractivity contribution in [2.45, 2.75) is 6.92 Å². The number of fused-ring (bicyclic) bond motifs is 1. The second-order valence-corrected chi connectivity index (χ2v) is 8.24. The van der Waals surface area contributed by atoms with Crippen LogP contribution < -0.4 is 10.1 Å². The fourth-order valence-electron chi connectivity index (χ4n) is 3.27. The van der Waals surface area contributed by atoms with E-state index < -0.39 is 0 Å². The van der Waals surface area contributed by atoms with Gasteiger partial charge >= 0.3 is 0 Å². The number of carbonyl (C=O) groups excluding carboxylic acids is 1. The Morgan fingerprint density at radius 3 is 2.65 bits per heavy atom. The van der Waals surface area contributed by atoms with Crippen molar-refractivity contribution in [1.82, 2.24) is 4.98 Å². The number of aromatic nitrogens is 1. The van der Waals surface area contributed by atoms with Crippen molar-refractivity contribution in [3.8, 4) is 16.9 Å². The van der Waals surface area contributed by atoms with Crippen LogP contribution in [0.2, 0.25) is 5.02 Å². The van der Waals surface area contributed by atoms with Gasteiger partial charge in [0.05, 0.1) is 18.4 Å². The number of nitrogens with one attached hydrogen (secondary N) is 1. The van der Waals surface area contributed by atoms with Gasteiger partial charge in [-0.05, 0) is 48.4 Å². The zero-order chi connectivity index (χ0) is 22.0. The number of ether oxygens (including phenoxy) is 1. The normalized spacial score (nSPS) is 11.5. The number of methoxy groups -OCH3 is 1. The number of anilines is 1. The van der Waals surface area contributed by atoms with Gasteiger partial charge in [0.25, 0.3) is 0 Å². The Bertz CT molecular complexity index is 1280. The maximum atomic E-state index is 12.5. The number of nitrogens with zero attached hydrogens (tertiary/aromatic N) is 1. The van der Waals surface area contributed by atoms with Crippen LogP contribution in [-0.4, -0.2) is 18.0 Å². The minimum atomic E-state index is -0.296. The molecule has 0 unspecified atom stereocenters. The van der Waals surface area contributed by atoms with Crippen LogP contribution >= 0.6 is 27.5 Å². The summed E-state index contributed by atoms with van der Waals surface area (Å²) in [6.45, 7) is 1.86. The molecule has 0 fully saturated rings. The molecular weight excluding hydrogens is 480 g/mol. The van der Waals surface area contributed by atoms with Gasteiger partial charge in [-0.25, -0.2) is 4.98 Å². The van der Waals surface area contributed by atoms with Gasteiger partial charge in [0.15, 0.2) is 0 Å². The van der Waals surface area contributed by atoms with Crippen LogP contribution in [0.1, 0.15) is 12.5 Å². The summed E-state index contributed by atoms with van der Waals surface area (Å²) in [7, 11) is 1.59. The van der Waals surface area contributed by atoms with E-state index in [1.54, 1.807) is 25.5 Å². The molecule has 5 nitrogen and oxygen atoms in total. The van der Waals surface area contributed by atoms with Crippen LogP contribution in [-0.2, 0) is 4.79 Å². The molecular formula is C24H18BrClN2O3. The number of benzene rings is 2. The molecule has 7 heteroatoms. The van der Waals surface area contributed by atoms with E-state index in [1.807, 2.05) is 43.3 Å². The average molecular weight is 498 g/mol. The smallest absolute Gasteiger partial charge is 0.249 e. The Labute approximate surface area is 192 Å². The summed E-state index contributed by atoms with van der Waals surface area (Å²) in [6, 6.07) is 15.1. The summed E-state index contributed by atoms with van der Waals surface area (Å²) in [6.07, 6.45) is 4.72. The third-order valence-corrected chi connectivity index (χ3v) is 5.55. The molecule has 0 saturated heterocycles. The first-order valence-corrected chi connectivity index (χ1v) is 10.6. The average Bonchev–Trinajstić information content (AvgIpc) is 3.17. The van der Waals surface area contributed by atoms with Gasteiger partial charge in [0, 0.05) is 39.3 Å². The first-order chi connectivity index (χ1) is 14.9. The number of furan rings is 1. The zero-order valence-electron chi connectivity index (χ0n) is 16.8. The van der Waals surface area contributed by atoms with Gasteiger partial charge in [0.1, 0.15) is 17.2 Å². The molecule has 4 aromatic rings. The Balaban J connectivity index is 1.70. The van der Waals surface area contributed by atoms with Gasteiger partial charge in [0.2, 0.25) is 5.91 Å². The lowest BCUT2D eigenvalue weighted by Gasteiger charge is -2.10. The van der Waals surface area contributed by atoms with E-state index in [9.17, 15) is 4.79 Å². The van der Waals surface area contributed by atoms with Crippen LogP contribution in [0, 0.1) is 0 Å². The zero-order valence-corrected chi connectivity index (χ0v) is 19.1. The topological polar surface area (TPSA) is 64.4 Å². The van der Waals surface area contributed by atoms with Crippen molar-refractivity contribution in [1.29, 1.82) is 0 Å². The van der Waals surface area contributed by atoms with Crippen LogP contribution in [0.15, 0.2) is 76.0 Å². The molecule has 156 valence electrons. The quantitative estimate of drug-likeness (QED) is 0.303. The van der Waals surface area contributed by atoms with Crippen molar-refractivity contribution in [3.05, 3.63) is 82.1 Å². The maximum Gasteiger partial charge on any atom is 0.249 e. The molecule has 0 aliphatic heterocycles. The molecule has 0 atom stereocenters. The largest absolute Gasteiger partial charge is 0.496 e. The summed E-state index contributed by atoms with van der Waals surface area (Å²) >= 11 is 9.30. The Morgan fingerprint density at radius 1 is 1.19 bits per heavy atom. The monoisotopic (exact) mass is 496 g/mol. The Kier molecular flexibility index (Phi) is 6.11. The highest BCUT2D eigenvalue weighted by molar-refractivity contribution is 9.10. The molecule has 2 aromatic carbocycles. The van der Waals surface area contributed by atoms with E-state index in [4.69, 9.17) is 20.8 Å². The molecule has 2 aromatic heterocycles. The molecule has 0 saturated carbocycles. The fourth-order valence-corrected chi connectivity index (χ4v) is 3.65. The summed E-state index contributed by atoms with van der Waals surface area (Å²) in [5, 5.41) is 4.17. The third-order valence-electron chi connectivity index (χ3n) is 4.80. The van der Waals surface area contributed by atoms with E-state index in [-0.39, 0.29) is 5.91 Å². The number of hydrogen-bond acceptors (Lipinski definition) is 4. The van der Waals surface area contributed by atoms with E-state index in [0.717, 1.165) is 32.1 Å². The van der Waals surface area contributed by atoms with Crippen molar-refractivity contribution in [3.63, 3.8) is 0 Å². The second kappa shape index (κ2) is 8.96. The summed E-state index contributed by atoms with van der Waals surface area (Å²) in [4.78, 5) is 16.6. The van der Waals surface area contributed by atoms with Gasteiger partial charge in [-0.1, -0.05) is 39.7 Å². The van der Waals surface area contributed by atoms with E-state index in [2.05, 4.69) is 26.2 Å². The molecule has 1 N–H and O–H groups in total. The lowest BCUT2D eigenvalue weighted by atomic mass is 9.99. The number of carbonyl (C=O) groups is 1. The standard InChI is InChI=1S/C24H18BrClN2O3/c1-14(9-24(29)28-23-8-7-17(26)12-27-23)18-10-19-20(15-3-5-16(25)6-4-15)13-31-22(19)11-21(18)30-2/h3-13H,1-2H3,(H,27,28,29)/b14-9+. The van der Waals surface area contributed by atoms with E-state index in [0.29, 0.717) is 22.2 Å². The number of allylic oxidation sites excluding steroid dienone is 1. The Morgan fingerprint density at radius 2 is 1.97 bits per heavy atom. The highest BCUT2D eigenvalue weighted by Crippen LogP contribution is 2.37. The molecule has 1 amide bonds. The van der Waals surface area contributed by atoms with Crippen molar-refractivity contribution in [2.24, 2.45) is 0 Å². The molecule has 31 heavy (non-hydrogen) atoms. The van der Waals surface area contributed by atoms with E-state index in [1.165, 1.54) is 12.3 Å². The summed E-state index contributed by atoms with van der Waals surface area (Å²) < 4.78 is 12.3. The SMILES string of the molecule is COc1cc2occ(-c3ccc(Br)cc3)c2cc1/C(C)=C/C(=O)Nc1ccc(Cl)cn1. The molecule has 2 heterocycles. The van der Waals surface area contributed by atoms with Gasteiger partial charge in [-0.3, -0.25) is 4.79 Å². The molecule has 0 aliphatic rings. The minimum Gasteiger partial charge on any atom is -0.496 e. The predicted molar refractivity (Wildman–Crippen MR) is 127 cm³/mol. The van der Waals surface area contributed by atoms with Crippen molar-refractivity contribution >= 4 is 55.8 Å². The van der Waals surface area contributed by atoms with Gasteiger partial charge in [-0.2, -0.15) is 0 Å². The number of hydrogen-bond donors (Lipinski definition) is 1. The third kappa shape index (κ3) is 4.65. The van der Waals surface area contributed by atoms with Crippen LogP contribution in [0.5, 0.6) is 5.75 Å². The van der Waals surface area contributed by atoms with Crippen LogP contribution in [0.4, 0.5) is 5.82 Å². The highest BCUT2D eigenvalue weighted by atomic mass is 79.9. The molecule has 4 rings (SSSR count). The van der Waals surface area contributed by atoms with Crippen molar-refractivity contribution in [2.75, 3.05) is 12.4 Å². The minimum absolute atomic E-state index is 0.296. The fraction of sp³-hybridized carbons (Fsp3) is 0.0833. The molecule has 0 bridgehead atoms. The first-order valence-electron chi connectivity index (χ1n) is 9.41. The number of amides is 1. The number of halogens is 2. The summed E-state index contributed by atoms with van der Waals surface area (Å²) in [5.41, 5.74) is 4.25. The molecule has 0 radical (unpaired) electrons. The van der Waals surface area contributed by atoms with Crippen LogP contribution in [0.25, 0.3) is 27.7 Å². The second-order valence-electron chi connectivity index (χ2n) is 6.88. The predicted octanol–water partition coefficient (Wildman–Crippen LogP) is 6.96. The number of rotatable bonds is 5. The maximum absolute atomic E-state index is 12.5. The van der Waals surface area contributed by atoms with Crippen molar-refractivity contribution < 1.29 is 13.9 Å². The van der Waals surface area contributed by atoms with E-state index >= 15 is 0 Å². The molecule has 0 aliphatic carbocycles. The van der Waals surface area contributed by atoms with Crippen LogP contribution in [0.3, 0.4) is 0 Å². The summed E-state index contributed by atoms with van der Waals surface area (Å²) in [5.74, 6) is 0.749. The highest BCUT2D eigenvalue weighted by Gasteiger charge is 2.15. The Hall–Kier alpha value is -3.09. The molecule has 0 spiro atoms. The van der Waals surface area contributed by atoms with Gasteiger partial charge < -0.3 is 14.5 Å². The van der Waals surface area contributed by atoms with Gasteiger partial charge in [-0.15, -0.1) is 0 Å².